The molecular weight excluding hydrogens is 306 g/mol. The van der Waals surface area contributed by atoms with Crippen molar-refractivity contribution in [3.8, 4) is 0 Å². The van der Waals surface area contributed by atoms with Crippen LogP contribution in [0.1, 0.15) is 30.7 Å². The van der Waals surface area contributed by atoms with E-state index in [1.807, 2.05) is 0 Å². The van der Waals surface area contributed by atoms with Crippen molar-refractivity contribution in [1.29, 1.82) is 0 Å². The van der Waals surface area contributed by atoms with Crippen molar-refractivity contribution in [1.82, 2.24) is 9.88 Å². The number of anilines is 1. The van der Waals surface area contributed by atoms with Gasteiger partial charge in [-0.15, -0.1) is 11.3 Å². The quantitative estimate of drug-likeness (QED) is 0.928. The van der Waals surface area contributed by atoms with Crippen molar-refractivity contribution in [3.63, 3.8) is 0 Å². The molecule has 1 unspecified atom stereocenters. The zero-order chi connectivity index (χ0) is 15.6. The molecule has 2 aliphatic heterocycles. The summed E-state index contributed by atoms with van der Waals surface area (Å²) < 4.78 is 7.04. The predicted molar refractivity (Wildman–Crippen MR) is 96.4 cm³/mol. The Bertz CT molecular complexity index is 657. The number of hydrogen-bond acceptors (Lipinski definition) is 5. The maximum atomic E-state index is 5.76. The number of likely N-dealkylation sites (tertiary alicyclic amines) is 1. The fraction of sp³-hybridized carbons (Fsp3) is 0.611. The molecule has 1 aromatic heterocycles. The minimum atomic E-state index is 0.483. The van der Waals surface area contributed by atoms with Crippen molar-refractivity contribution < 1.29 is 4.74 Å². The average molecular weight is 331 g/mol. The number of hydrogen-bond donors (Lipinski definition) is 1. The van der Waals surface area contributed by atoms with Crippen LogP contribution < -0.4 is 5.32 Å². The van der Waals surface area contributed by atoms with Crippen LogP contribution in [0, 0.1) is 6.92 Å². The van der Waals surface area contributed by atoms with Gasteiger partial charge in [-0.3, -0.25) is 0 Å². The molecule has 1 N–H and O–H groups in total. The van der Waals surface area contributed by atoms with E-state index < -0.39 is 0 Å². The van der Waals surface area contributed by atoms with Gasteiger partial charge in [-0.1, -0.05) is 0 Å². The van der Waals surface area contributed by atoms with Gasteiger partial charge in [0.1, 0.15) is 0 Å². The molecule has 0 saturated carbocycles. The minimum Gasteiger partial charge on any atom is -0.382 e. The van der Waals surface area contributed by atoms with Gasteiger partial charge in [0.05, 0.1) is 21.3 Å². The van der Waals surface area contributed by atoms with E-state index in [9.17, 15) is 0 Å². The van der Waals surface area contributed by atoms with Gasteiger partial charge in [0.25, 0.3) is 0 Å². The summed E-state index contributed by atoms with van der Waals surface area (Å²) in [6, 6.07) is 7.13. The van der Waals surface area contributed by atoms with Gasteiger partial charge in [-0.2, -0.15) is 0 Å². The Morgan fingerprint density at radius 1 is 1.30 bits per heavy atom. The van der Waals surface area contributed by atoms with E-state index in [-0.39, 0.29) is 0 Å². The monoisotopic (exact) mass is 331 g/mol. The zero-order valence-electron chi connectivity index (χ0n) is 13.8. The van der Waals surface area contributed by atoms with Crippen LogP contribution in [0.15, 0.2) is 18.2 Å². The number of aromatic nitrogens is 1. The zero-order valence-corrected chi connectivity index (χ0v) is 14.6. The molecule has 23 heavy (non-hydrogen) atoms. The van der Waals surface area contributed by atoms with Crippen molar-refractivity contribution >= 4 is 27.2 Å². The molecule has 4 nitrogen and oxygen atoms in total. The number of fused-ring (bicyclic) bond motifs is 1. The van der Waals surface area contributed by atoms with Gasteiger partial charge in [0, 0.05) is 38.0 Å². The topological polar surface area (TPSA) is 37.4 Å². The number of piperidine rings is 1. The van der Waals surface area contributed by atoms with E-state index in [0.29, 0.717) is 12.1 Å². The van der Waals surface area contributed by atoms with E-state index in [4.69, 9.17) is 4.74 Å². The molecule has 1 aromatic carbocycles. The molecule has 0 amide bonds. The highest BCUT2D eigenvalue weighted by atomic mass is 32.1. The Balaban J connectivity index is 1.31. The molecule has 0 aliphatic carbocycles. The normalized spacial score (nSPS) is 23.6. The molecule has 2 aromatic rings. The summed E-state index contributed by atoms with van der Waals surface area (Å²) in [6.45, 7) is 6.52. The van der Waals surface area contributed by atoms with E-state index in [1.54, 1.807) is 11.3 Å². The number of benzene rings is 1. The van der Waals surface area contributed by atoms with Gasteiger partial charge in [-0.25, -0.2) is 4.98 Å². The van der Waals surface area contributed by atoms with Gasteiger partial charge in [-0.05, 0) is 50.8 Å². The summed E-state index contributed by atoms with van der Waals surface area (Å²) in [5, 5.41) is 4.86. The first-order valence-corrected chi connectivity index (χ1v) is 9.55. The lowest BCUT2D eigenvalue weighted by molar-refractivity contribution is 0.0654. The maximum absolute atomic E-state index is 5.76. The van der Waals surface area contributed by atoms with E-state index in [1.165, 1.54) is 49.2 Å². The van der Waals surface area contributed by atoms with Crippen LogP contribution in [0.3, 0.4) is 0 Å². The number of rotatable bonds is 4. The highest BCUT2D eigenvalue weighted by molar-refractivity contribution is 7.18. The predicted octanol–water partition coefficient (Wildman–Crippen LogP) is 3.66. The van der Waals surface area contributed by atoms with Crippen molar-refractivity contribution in [2.75, 3.05) is 31.6 Å². The first kappa shape index (κ1) is 15.4. The fourth-order valence-corrected chi connectivity index (χ4v) is 4.57. The first-order valence-electron chi connectivity index (χ1n) is 8.74. The Morgan fingerprint density at radius 2 is 2.17 bits per heavy atom. The lowest BCUT2D eigenvalue weighted by Crippen LogP contribution is -2.42. The fourth-order valence-electron chi connectivity index (χ4n) is 3.70. The second-order valence-corrected chi connectivity index (χ2v) is 8.00. The van der Waals surface area contributed by atoms with Crippen LogP contribution in [0.25, 0.3) is 10.2 Å². The minimum absolute atomic E-state index is 0.483. The molecule has 2 aliphatic rings. The highest BCUT2D eigenvalue weighted by Crippen LogP contribution is 2.26. The number of ether oxygens (including phenoxy) is 1. The maximum Gasteiger partial charge on any atom is 0.0907 e. The van der Waals surface area contributed by atoms with E-state index >= 15 is 0 Å². The first-order chi connectivity index (χ1) is 11.3. The summed E-state index contributed by atoms with van der Waals surface area (Å²) in [4.78, 5) is 7.11. The van der Waals surface area contributed by atoms with Crippen molar-refractivity contribution in [3.05, 3.63) is 23.2 Å². The summed E-state index contributed by atoms with van der Waals surface area (Å²) in [5.74, 6) is 0. The van der Waals surface area contributed by atoms with Gasteiger partial charge >= 0.3 is 0 Å². The summed E-state index contributed by atoms with van der Waals surface area (Å²) in [6.07, 6.45) is 5.39. The van der Waals surface area contributed by atoms with Crippen LogP contribution in [0.4, 0.5) is 5.69 Å². The highest BCUT2D eigenvalue weighted by Gasteiger charge is 2.23. The molecule has 4 rings (SSSR count). The molecule has 1 atom stereocenters. The summed E-state index contributed by atoms with van der Waals surface area (Å²) in [5.41, 5.74) is 2.35. The second-order valence-electron chi connectivity index (χ2n) is 6.77. The molecule has 0 radical (unpaired) electrons. The van der Waals surface area contributed by atoms with Crippen LogP contribution >= 0.6 is 11.3 Å². The van der Waals surface area contributed by atoms with Crippen LogP contribution in [0.2, 0.25) is 0 Å². The largest absolute Gasteiger partial charge is 0.382 e. The lowest BCUT2D eigenvalue weighted by atomic mass is 10.0. The third kappa shape index (κ3) is 3.67. The molecular formula is C18H25N3OS. The number of nitrogens with one attached hydrogen (secondary N) is 1. The van der Waals surface area contributed by atoms with Gasteiger partial charge < -0.3 is 15.0 Å². The van der Waals surface area contributed by atoms with Crippen molar-refractivity contribution in [2.45, 2.75) is 44.8 Å². The number of nitrogens with zero attached hydrogens (tertiary/aromatic N) is 2. The summed E-state index contributed by atoms with van der Waals surface area (Å²) >= 11 is 1.77. The standard InChI is InChI=1S/C18H25N3OS/c1-13-19-17-5-4-15(11-18(17)23-13)20-14-6-8-21(9-7-14)12-16-3-2-10-22-16/h4-5,11,14,16,20H,2-3,6-10,12H2,1H3. The Morgan fingerprint density at radius 3 is 2.96 bits per heavy atom. The molecule has 5 heteroatoms. The smallest absolute Gasteiger partial charge is 0.0907 e. The summed E-state index contributed by atoms with van der Waals surface area (Å²) in [7, 11) is 0. The van der Waals surface area contributed by atoms with Crippen molar-refractivity contribution in [2.24, 2.45) is 0 Å². The molecule has 2 fully saturated rings. The average Bonchev–Trinajstić information content (AvgIpc) is 3.17. The Hall–Kier alpha value is -1.17. The second kappa shape index (κ2) is 6.75. The molecule has 124 valence electrons. The van der Waals surface area contributed by atoms with Crippen LogP contribution in [-0.2, 0) is 4.74 Å². The van der Waals surface area contributed by atoms with Gasteiger partial charge in [0.15, 0.2) is 0 Å². The van der Waals surface area contributed by atoms with E-state index in [2.05, 4.69) is 40.3 Å². The molecule has 2 saturated heterocycles. The number of aryl methyl sites for hydroxylation is 1. The third-order valence-corrected chi connectivity index (χ3v) is 5.87. The third-order valence-electron chi connectivity index (χ3n) is 4.94. The molecule has 3 heterocycles. The molecule has 0 spiro atoms. The Labute approximate surface area is 141 Å². The number of thiazole rings is 1. The van der Waals surface area contributed by atoms with Crippen LogP contribution in [0.5, 0.6) is 0 Å². The lowest BCUT2D eigenvalue weighted by Gasteiger charge is -2.34. The molecule has 0 bridgehead atoms. The SMILES string of the molecule is Cc1nc2ccc(NC3CCN(CC4CCCO4)CC3)cc2s1. The Kier molecular flexibility index (Phi) is 4.51. The van der Waals surface area contributed by atoms with Gasteiger partial charge in [0.2, 0.25) is 0 Å². The van der Waals surface area contributed by atoms with E-state index in [0.717, 1.165) is 23.7 Å². The van der Waals surface area contributed by atoms with Crippen LogP contribution in [-0.4, -0.2) is 48.3 Å².